The van der Waals surface area contributed by atoms with Crippen LogP contribution in [0.1, 0.15) is 290 Å². The summed E-state index contributed by atoms with van der Waals surface area (Å²) in [7, 11) is -9.76. The molecule has 0 heterocycles. The van der Waals surface area contributed by atoms with Gasteiger partial charge < -0.3 is 34.2 Å². The zero-order valence-corrected chi connectivity index (χ0v) is 55.3. The molecular formula is C67H122O16P2. The van der Waals surface area contributed by atoms with Crippen LogP contribution < -0.4 is 0 Å². The number of hydrogen-bond acceptors (Lipinski definition) is 14. The van der Waals surface area contributed by atoms with Crippen LogP contribution in [0.2, 0.25) is 0 Å². The molecule has 0 aliphatic carbocycles. The van der Waals surface area contributed by atoms with E-state index >= 15 is 0 Å². The molecule has 0 aliphatic rings. The van der Waals surface area contributed by atoms with Gasteiger partial charge in [0.15, 0.2) is 6.10 Å². The van der Waals surface area contributed by atoms with Crippen LogP contribution in [0.5, 0.6) is 0 Å². The Morgan fingerprint density at radius 2 is 0.588 bits per heavy atom. The van der Waals surface area contributed by atoms with Crippen molar-refractivity contribution in [3.05, 3.63) is 60.8 Å². The lowest BCUT2D eigenvalue weighted by molar-refractivity contribution is -0.161. The average Bonchev–Trinajstić information content (AvgIpc) is 3.60. The van der Waals surface area contributed by atoms with E-state index in [4.69, 9.17) is 32.3 Å². The second-order valence-electron chi connectivity index (χ2n) is 22.6. The summed E-state index contributed by atoms with van der Waals surface area (Å²) in [5.41, 5.74) is 0. The molecule has 0 rings (SSSR count). The minimum atomic E-state index is -4.91. The highest BCUT2D eigenvalue weighted by Crippen LogP contribution is 2.45. The number of esters is 3. The number of carbonyl (C=O) groups is 3. The van der Waals surface area contributed by atoms with Gasteiger partial charge in [-0.3, -0.25) is 32.5 Å². The van der Waals surface area contributed by atoms with Crippen LogP contribution in [-0.4, -0.2) is 95.9 Å². The van der Waals surface area contributed by atoms with Gasteiger partial charge in [-0.25, -0.2) is 9.13 Å². The largest absolute Gasteiger partial charge is 0.472 e. The van der Waals surface area contributed by atoms with Crippen molar-refractivity contribution < 1.29 is 75.8 Å². The first-order valence-electron chi connectivity index (χ1n) is 33.6. The molecule has 496 valence electrons. The Labute approximate surface area is 516 Å². The Morgan fingerprint density at radius 3 is 0.965 bits per heavy atom. The average molecular weight is 1250 g/mol. The van der Waals surface area contributed by atoms with Crippen molar-refractivity contribution in [1.82, 2.24) is 0 Å². The first-order chi connectivity index (χ1) is 41.2. The maximum atomic E-state index is 12.8. The quantitative estimate of drug-likeness (QED) is 0.0146. The number of ether oxygens (including phenoxy) is 3. The summed E-state index contributed by atoms with van der Waals surface area (Å²) >= 11 is 0. The summed E-state index contributed by atoms with van der Waals surface area (Å²) in [6, 6.07) is 0. The molecular weight excluding hydrogens is 1120 g/mol. The van der Waals surface area contributed by atoms with Crippen LogP contribution in [-0.2, 0) is 55.8 Å². The summed E-state index contributed by atoms with van der Waals surface area (Å²) in [6.07, 6.45) is 61.4. The lowest BCUT2D eigenvalue weighted by Crippen LogP contribution is -2.30. The first kappa shape index (κ1) is 82.2. The van der Waals surface area contributed by atoms with E-state index in [1.165, 1.54) is 103 Å². The molecule has 0 aromatic heterocycles. The van der Waals surface area contributed by atoms with Crippen molar-refractivity contribution in [2.24, 2.45) is 0 Å². The Bertz CT molecular complexity index is 1800. The fraction of sp³-hybridized carbons (Fsp3) is 0.806. The SMILES string of the molecule is CCCCC/C=C\C/C=C\C/C=C\C/C=C\CCCCCCCCCC(=O)OCC(O)COP(=O)(O)OCC(O)COP(=O)(O)OCC(COC(=O)CCCCCCC/C=C\CCCCCCCC)OC(=O)CCCCCCCCCCCCC. The summed E-state index contributed by atoms with van der Waals surface area (Å²) in [5, 5.41) is 20.5. The molecule has 0 aliphatic heterocycles. The zero-order valence-electron chi connectivity index (χ0n) is 53.5. The zero-order chi connectivity index (χ0) is 62.4. The lowest BCUT2D eigenvalue weighted by atomic mass is 10.1. The van der Waals surface area contributed by atoms with Gasteiger partial charge in [-0.1, -0.05) is 242 Å². The summed E-state index contributed by atoms with van der Waals surface area (Å²) in [6.45, 7) is 2.62. The van der Waals surface area contributed by atoms with Crippen LogP contribution in [0, 0.1) is 0 Å². The lowest BCUT2D eigenvalue weighted by Gasteiger charge is -2.21. The van der Waals surface area contributed by atoms with Gasteiger partial charge in [0.25, 0.3) is 0 Å². The van der Waals surface area contributed by atoms with Crippen LogP contribution in [0.3, 0.4) is 0 Å². The highest BCUT2D eigenvalue weighted by Gasteiger charge is 2.29. The second-order valence-corrected chi connectivity index (χ2v) is 25.5. The highest BCUT2D eigenvalue weighted by molar-refractivity contribution is 7.47. The maximum Gasteiger partial charge on any atom is 0.472 e. The summed E-state index contributed by atoms with van der Waals surface area (Å²) in [5.74, 6) is -1.58. The van der Waals surface area contributed by atoms with Crippen LogP contribution >= 0.6 is 15.6 Å². The normalized spacial score (nSPS) is 14.7. The number of phosphoric acid groups is 2. The van der Waals surface area contributed by atoms with Crippen LogP contribution in [0.4, 0.5) is 0 Å². The topological polar surface area (TPSA) is 231 Å². The van der Waals surface area contributed by atoms with Gasteiger partial charge >= 0.3 is 33.6 Å². The third kappa shape index (κ3) is 62.7. The molecule has 0 radical (unpaired) electrons. The second kappa shape index (κ2) is 61.5. The van der Waals surface area contributed by atoms with Gasteiger partial charge in [0.2, 0.25) is 0 Å². The van der Waals surface area contributed by atoms with E-state index in [9.17, 15) is 43.5 Å². The Hall–Kier alpha value is -2.75. The van der Waals surface area contributed by atoms with Crippen molar-refractivity contribution in [3.63, 3.8) is 0 Å². The van der Waals surface area contributed by atoms with E-state index in [-0.39, 0.29) is 19.3 Å². The van der Waals surface area contributed by atoms with Gasteiger partial charge in [-0.05, 0) is 89.9 Å². The number of unbranched alkanes of at least 4 members (excludes halogenated alkanes) is 31. The summed E-state index contributed by atoms with van der Waals surface area (Å²) in [4.78, 5) is 58.2. The van der Waals surface area contributed by atoms with E-state index in [1.807, 2.05) is 0 Å². The predicted molar refractivity (Wildman–Crippen MR) is 344 cm³/mol. The van der Waals surface area contributed by atoms with Gasteiger partial charge in [0.1, 0.15) is 25.4 Å². The molecule has 0 saturated heterocycles. The number of aliphatic hydroxyl groups is 2. The van der Waals surface area contributed by atoms with Gasteiger partial charge in [-0.15, -0.1) is 0 Å². The van der Waals surface area contributed by atoms with Crippen molar-refractivity contribution in [3.8, 4) is 0 Å². The van der Waals surface area contributed by atoms with E-state index in [1.54, 1.807) is 0 Å². The van der Waals surface area contributed by atoms with Gasteiger partial charge in [-0.2, -0.15) is 0 Å². The molecule has 5 unspecified atom stereocenters. The molecule has 0 bridgehead atoms. The molecule has 0 spiro atoms. The standard InChI is InChI=1S/C67H122O16P2/c1-4-7-10-13-16-19-22-24-26-27-28-29-30-31-32-33-35-37-39-41-44-47-50-53-65(70)77-56-62(68)57-79-84(73,74)80-58-63(69)59-81-85(75,76)82-61-64(83-67(72)55-52-49-46-43-38-21-18-15-12-9-6-3)60-78-66(71)54-51-48-45-42-40-36-34-25-23-20-17-14-11-8-5-2/h16,19,24-26,28-29,31-32,34,62-64,68-69H,4-15,17-18,20-23,27,30,33,35-61H2,1-3H3,(H,73,74)(H,75,76)/b19-16-,26-24-,29-28-,32-31-,34-25-. The third-order valence-corrected chi connectivity index (χ3v) is 16.1. The highest BCUT2D eigenvalue weighted by atomic mass is 31.2. The number of carbonyl (C=O) groups excluding carboxylic acids is 3. The Morgan fingerprint density at radius 1 is 0.329 bits per heavy atom. The van der Waals surface area contributed by atoms with Crippen LogP contribution in [0.15, 0.2) is 60.8 Å². The van der Waals surface area contributed by atoms with Gasteiger partial charge in [0.05, 0.1) is 26.4 Å². The van der Waals surface area contributed by atoms with Crippen molar-refractivity contribution in [2.45, 2.75) is 309 Å². The minimum Gasteiger partial charge on any atom is -0.463 e. The van der Waals surface area contributed by atoms with E-state index in [2.05, 4.69) is 81.5 Å². The van der Waals surface area contributed by atoms with Crippen LogP contribution in [0.25, 0.3) is 0 Å². The van der Waals surface area contributed by atoms with E-state index in [0.717, 1.165) is 128 Å². The molecule has 5 atom stereocenters. The molecule has 4 N–H and O–H groups in total. The Balaban J connectivity index is 4.53. The fourth-order valence-electron chi connectivity index (χ4n) is 9.02. The molecule has 18 heteroatoms. The monoisotopic (exact) mass is 1240 g/mol. The number of aliphatic hydroxyl groups excluding tert-OH is 2. The van der Waals surface area contributed by atoms with Crippen molar-refractivity contribution in [1.29, 1.82) is 0 Å². The molecule has 85 heavy (non-hydrogen) atoms. The first-order valence-corrected chi connectivity index (χ1v) is 36.6. The smallest absolute Gasteiger partial charge is 0.463 e. The van der Waals surface area contributed by atoms with Gasteiger partial charge in [0, 0.05) is 19.3 Å². The molecule has 0 saturated carbocycles. The molecule has 16 nitrogen and oxygen atoms in total. The number of hydrogen-bond donors (Lipinski definition) is 4. The molecule has 0 amide bonds. The molecule has 0 fully saturated rings. The Kier molecular flexibility index (Phi) is 59.5. The third-order valence-electron chi connectivity index (χ3n) is 14.2. The predicted octanol–water partition coefficient (Wildman–Crippen LogP) is 18.2. The maximum absolute atomic E-state index is 12.8. The minimum absolute atomic E-state index is 0.108. The van der Waals surface area contributed by atoms with E-state index < -0.39 is 91.5 Å². The fourth-order valence-corrected chi connectivity index (χ4v) is 10.6. The molecule has 0 aromatic rings. The van der Waals surface area contributed by atoms with Crippen molar-refractivity contribution in [2.75, 3.05) is 39.6 Å². The number of rotatable bonds is 64. The summed E-state index contributed by atoms with van der Waals surface area (Å²) < 4.78 is 60.7. The van der Waals surface area contributed by atoms with Crippen molar-refractivity contribution >= 4 is 33.6 Å². The number of phosphoric ester groups is 2. The number of allylic oxidation sites excluding steroid dienone is 10. The van der Waals surface area contributed by atoms with E-state index in [0.29, 0.717) is 19.3 Å². The molecule has 0 aromatic carbocycles.